The average Bonchev–Trinajstić information content (AvgIpc) is 1.88. The van der Waals surface area contributed by atoms with Gasteiger partial charge in [-0.05, 0) is 0 Å². The van der Waals surface area contributed by atoms with Gasteiger partial charge in [-0.2, -0.15) is 0 Å². The molecular formula is C5H6F2O3. The molecule has 3 nitrogen and oxygen atoms in total. The molecule has 0 atom stereocenters. The van der Waals surface area contributed by atoms with Gasteiger partial charge < -0.3 is 9.47 Å². The fourth-order valence-corrected chi connectivity index (χ4v) is 0.576. The Kier molecular flexibility index (Phi) is 1.96. The van der Waals surface area contributed by atoms with Crippen LogP contribution in [0.25, 0.3) is 0 Å². The van der Waals surface area contributed by atoms with Gasteiger partial charge in [-0.3, -0.25) is 4.79 Å². The molecule has 0 aromatic heterocycles. The van der Waals surface area contributed by atoms with Gasteiger partial charge in [0.25, 0.3) is 5.92 Å². The lowest BCUT2D eigenvalue weighted by atomic mass is 10.3. The summed E-state index contributed by atoms with van der Waals surface area (Å²) < 4.78 is 32.9. The van der Waals surface area contributed by atoms with Crippen LogP contribution in [0.2, 0.25) is 0 Å². The van der Waals surface area contributed by atoms with E-state index in [4.69, 9.17) is 0 Å². The molecule has 0 unspecified atom stereocenters. The Hall–Kier alpha value is -0.550. The number of carbonyl (C=O) groups is 1. The van der Waals surface area contributed by atoms with Crippen molar-refractivity contribution in [3.8, 4) is 0 Å². The summed E-state index contributed by atoms with van der Waals surface area (Å²) in [6.45, 7) is -1.48. The van der Waals surface area contributed by atoms with Crippen LogP contribution in [0.1, 0.15) is 0 Å². The summed E-state index contributed by atoms with van der Waals surface area (Å²) in [5.41, 5.74) is 0. The van der Waals surface area contributed by atoms with Crippen molar-refractivity contribution in [2.45, 2.75) is 12.2 Å². The molecule has 0 spiro atoms. The monoisotopic (exact) mass is 152 g/mol. The zero-order chi connectivity index (χ0) is 7.61. The summed E-state index contributed by atoms with van der Waals surface area (Å²) in [6, 6.07) is 0. The summed E-state index contributed by atoms with van der Waals surface area (Å²) in [6.07, 6.45) is -0.769. The Morgan fingerprint density at radius 3 is 2.30 bits per heavy atom. The van der Waals surface area contributed by atoms with Crippen LogP contribution in [-0.2, 0) is 14.3 Å². The van der Waals surface area contributed by atoms with Gasteiger partial charge in [-0.1, -0.05) is 0 Å². The summed E-state index contributed by atoms with van der Waals surface area (Å²) in [5, 5.41) is 0. The van der Waals surface area contributed by atoms with E-state index in [0.29, 0.717) is 6.29 Å². The van der Waals surface area contributed by atoms with Crippen LogP contribution < -0.4 is 0 Å². The fourth-order valence-electron chi connectivity index (χ4n) is 0.576. The minimum Gasteiger partial charge on any atom is -0.340 e. The smallest absolute Gasteiger partial charge is 0.293 e. The number of ether oxygens (including phenoxy) is 2. The van der Waals surface area contributed by atoms with Gasteiger partial charge in [0.05, 0.1) is 0 Å². The van der Waals surface area contributed by atoms with E-state index < -0.39 is 25.4 Å². The molecule has 0 N–H and O–H groups in total. The number of aldehydes is 1. The van der Waals surface area contributed by atoms with Crippen molar-refractivity contribution in [3.05, 3.63) is 0 Å². The van der Waals surface area contributed by atoms with Gasteiger partial charge in [-0.25, -0.2) is 8.78 Å². The summed E-state index contributed by atoms with van der Waals surface area (Å²) in [7, 11) is 0. The minimum absolute atomic E-state index is 0.342. The number of alkyl halides is 2. The molecule has 1 saturated heterocycles. The van der Waals surface area contributed by atoms with E-state index >= 15 is 0 Å². The van der Waals surface area contributed by atoms with Crippen molar-refractivity contribution in [2.24, 2.45) is 0 Å². The highest BCUT2D eigenvalue weighted by Crippen LogP contribution is 2.19. The number of halogens is 2. The van der Waals surface area contributed by atoms with Crippen LogP contribution in [0.15, 0.2) is 0 Å². The maximum absolute atomic E-state index is 12.1. The third-order valence-corrected chi connectivity index (χ3v) is 1.03. The van der Waals surface area contributed by atoms with Gasteiger partial charge >= 0.3 is 0 Å². The molecule has 0 radical (unpaired) electrons. The van der Waals surface area contributed by atoms with E-state index in [0.717, 1.165) is 0 Å². The average molecular weight is 152 g/mol. The summed E-state index contributed by atoms with van der Waals surface area (Å²) in [5.74, 6) is -2.94. The molecule has 0 aromatic carbocycles. The zero-order valence-electron chi connectivity index (χ0n) is 5.05. The molecule has 1 fully saturated rings. The molecule has 10 heavy (non-hydrogen) atoms. The van der Waals surface area contributed by atoms with Crippen LogP contribution in [0.3, 0.4) is 0 Å². The topological polar surface area (TPSA) is 35.5 Å². The van der Waals surface area contributed by atoms with Crippen molar-refractivity contribution >= 4 is 6.29 Å². The molecule has 5 heteroatoms. The van der Waals surface area contributed by atoms with E-state index in [-0.39, 0.29) is 0 Å². The predicted octanol–water partition coefficient (Wildman–Crippen LogP) is 0.194. The molecule has 1 heterocycles. The third kappa shape index (κ3) is 1.71. The largest absolute Gasteiger partial charge is 0.340 e. The number of carbonyl (C=O) groups excluding carboxylic acids is 1. The molecule has 0 aliphatic carbocycles. The first kappa shape index (κ1) is 7.56. The fraction of sp³-hybridized carbons (Fsp3) is 0.800. The van der Waals surface area contributed by atoms with E-state index in [1.165, 1.54) is 0 Å². The maximum atomic E-state index is 12.1. The lowest BCUT2D eigenvalue weighted by molar-refractivity contribution is -0.253. The van der Waals surface area contributed by atoms with Crippen molar-refractivity contribution in [1.82, 2.24) is 0 Å². The normalized spacial score (nSPS) is 26.2. The zero-order valence-corrected chi connectivity index (χ0v) is 5.05. The van der Waals surface area contributed by atoms with Crippen LogP contribution >= 0.6 is 0 Å². The van der Waals surface area contributed by atoms with Crippen molar-refractivity contribution in [3.63, 3.8) is 0 Å². The van der Waals surface area contributed by atoms with Crippen LogP contribution in [0, 0.1) is 0 Å². The predicted molar refractivity (Wildman–Crippen MR) is 26.7 cm³/mol. The molecule has 58 valence electrons. The van der Waals surface area contributed by atoms with E-state index in [9.17, 15) is 13.6 Å². The standard InChI is InChI=1S/C5H6F2O3/c6-5(7)2-9-4(1-8)10-3-5/h1,4H,2-3H2. The Balaban J connectivity index is 2.38. The van der Waals surface area contributed by atoms with Crippen molar-refractivity contribution in [2.75, 3.05) is 13.2 Å². The minimum atomic E-state index is -2.94. The van der Waals surface area contributed by atoms with Crippen LogP contribution in [0.5, 0.6) is 0 Å². The van der Waals surface area contributed by atoms with Gasteiger partial charge in [0, 0.05) is 0 Å². The van der Waals surface area contributed by atoms with Crippen molar-refractivity contribution < 1.29 is 23.0 Å². The first-order chi connectivity index (χ1) is 4.64. The third-order valence-electron chi connectivity index (χ3n) is 1.03. The van der Waals surface area contributed by atoms with Crippen molar-refractivity contribution in [1.29, 1.82) is 0 Å². The van der Waals surface area contributed by atoms with Gasteiger partial charge in [0.1, 0.15) is 13.2 Å². The number of hydrogen-bond donors (Lipinski definition) is 0. The molecule has 0 aromatic rings. The molecule has 1 aliphatic heterocycles. The Labute approximate surface area is 55.9 Å². The van der Waals surface area contributed by atoms with Gasteiger partial charge in [0.15, 0.2) is 6.29 Å². The van der Waals surface area contributed by atoms with Gasteiger partial charge in [0.2, 0.25) is 6.29 Å². The first-order valence-electron chi connectivity index (χ1n) is 2.70. The molecular weight excluding hydrogens is 146 g/mol. The highest BCUT2D eigenvalue weighted by atomic mass is 19.3. The van der Waals surface area contributed by atoms with E-state index in [1.807, 2.05) is 0 Å². The molecule has 1 rings (SSSR count). The second-order valence-electron chi connectivity index (χ2n) is 1.98. The second-order valence-corrected chi connectivity index (χ2v) is 1.98. The number of rotatable bonds is 1. The molecule has 1 aliphatic rings. The Bertz CT molecular complexity index is 127. The van der Waals surface area contributed by atoms with E-state index in [1.54, 1.807) is 0 Å². The molecule has 0 amide bonds. The van der Waals surface area contributed by atoms with Crippen LogP contribution in [0.4, 0.5) is 8.78 Å². The second kappa shape index (κ2) is 2.59. The lowest BCUT2D eigenvalue weighted by Crippen LogP contribution is -2.41. The Morgan fingerprint density at radius 2 is 1.90 bits per heavy atom. The maximum Gasteiger partial charge on any atom is 0.293 e. The highest BCUT2D eigenvalue weighted by molar-refractivity contribution is 5.53. The summed E-state index contributed by atoms with van der Waals surface area (Å²) in [4.78, 5) is 9.88. The van der Waals surface area contributed by atoms with E-state index in [2.05, 4.69) is 9.47 Å². The first-order valence-corrected chi connectivity index (χ1v) is 2.70. The van der Waals surface area contributed by atoms with Crippen LogP contribution in [-0.4, -0.2) is 31.7 Å². The SMILES string of the molecule is O=CC1OCC(F)(F)CO1. The molecule has 0 saturated carbocycles. The molecule has 0 bridgehead atoms. The highest BCUT2D eigenvalue weighted by Gasteiger charge is 2.36. The quantitative estimate of drug-likeness (QED) is 0.503. The Morgan fingerprint density at radius 1 is 1.40 bits per heavy atom. The summed E-state index contributed by atoms with van der Waals surface area (Å²) >= 11 is 0. The number of hydrogen-bond acceptors (Lipinski definition) is 3. The van der Waals surface area contributed by atoms with Gasteiger partial charge in [-0.15, -0.1) is 0 Å². The lowest BCUT2D eigenvalue weighted by Gasteiger charge is -2.25.